The maximum Gasteiger partial charge on any atom is 0.164 e. The number of methoxy groups -OCH3 is 4. The van der Waals surface area contributed by atoms with Crippen LogP contribution in [0.3, 0.4) is 0 Å². The maximum absolute atomic E-state index is 5.62. The molecule has 0 fully saturated rings. The minimum Gasteiger partial charge on any atom is -0.493 e. The Labute approximate surface area is 241 Å². The molecular weight excluding hydrogens is 500 g/mol. The third kappa shape index (κ3) is 8.39. The van der Waals surface area contributed by atoms with Crippen LogP contribution in [0.25, 0.3) is 0 Å². The molecule has 3 aromatic carbocycles. The van der Waals surface area contributed by atoms with Crippen molar-refractivity contribution in [3.63, 3.8) is 0 Å². The molecule has 0 spiro atoms. The lowest BCUT2D eigenvalue weighted by Gasteiger charge is -2.16. The normalized spacial score (nSPS) is 10.9. The van der Waals surface area contributed by atoms with E-state index in [1.165, 1.54) is 33.4 Å². The second-order valence-electron chi connectivity index (χ2n) is 9.90. The van der Waals surface area contributed by atoms with Crippen LogP contribution in [0.15, 0.2) is 48.5 Å². The summed E-state index contributed by atoms with van der Waals surface area (Å²) in [5.74, 6) is 3.32. The fraction of sp³-hybridized carbons (Fsp3) is 0.471. The van der Waals surface area contributed by atoms with Crippen LogP contribution in [0.1, 0.15) is 47.2 Å². The second kappa shape index (κ2) is 16.8. The number of rotatable bonds is 18. The third-order valence-electron chi connectivity index (χ3n) is 7.51. The van der Waals surface area contributed by atoms with Gasteiger partial charge in [-0.15, -0.1) is 0 Å². The van der Waals surface area contributed by atoms with E-state index in [9.17, 15) is 0 Å². The molecule has 0 aliphatic rings. The Morgan fingerprint density at radius 3 is 1.32 bits per heavy atom. The molecule has 0 heterocycles. The van der Waals surface area contributed by atoms with Crippen LogP contribution in [0.4, 0.5) is 0 Å². The molecule has 0 saturated heterocycles. The van der Waals surface area contributed by atoms with Gasteiger partial charge in [0.2, 0.25) is 0 Å². The topological polar surface area (TPSA) is 61.0 Å². The quantitative estimate of drug-likeness (QED) is 0.202. The van der Waals surface area contributed by atoms with Crippen molar-refractivity contribution in [3.8, 4) is 23.0 Å². The van der Waals surface area contributed by atoms with Crippen molar-refractivity contribution in [2.75, 3.05) is 54.6 Å². The summed E-state index contributed by atoms with van der Waals surface area (Å²) < 4.78 is 22.2. The molecule has 6 nitrogen and oxygen atoms in total. The van der Waals surface area contributed by atoms with E-state index in [1.807, 2.05) is 12.1 Å². The van der Waals surface area contributed by atoms with Gasteiger partial charge < -0.3 is 29.6 Å². The van der Waals surface area contributed by atoms with Gasteiger partial charge in [-0.3, -0.25) is 0 Å². The second-order valence-corrected chi connectivity index (χ2v) is 9.90. The monoisotopic (exact) mass is 548 g/mol. The first kappa shape index (κ1) is 31.3. The first-order chi connectivity index (χ1) is 19.6. The van der Waals surface area contributed by atoms with E-state index in [-0.39, 0.29) is 0 Å². The first-order valence-electron chi connectivity index (χ1n) is 14.5. The van der Waals surface area contributed by atoms with E-state index in [2.05, 4.69) is 60.9 Å². The van der Waals surface area contributed by atoms with Crippen molar-refractivity contribution >= 4 is 0 Å². The Morgan fingerprint density at radius 1 is 0.525 bits per heavy atom. The van der Waals surface area contributed by atoms with Gasteiger partial charge in [-0.1, -0.05) is 50.2 Å². The third-order valence-corrected chi connectivity index (χ3v) is 7.51. The van der Waals surface area contributed by atoms with Crippen molar-refractivity contribution in [1.29, 1.82) is 0 Å². The molecule has 40 heavy (non-hydrogen) atoms. The highest BCUT2D eigenvalue weighted by Crippen LogP contribution is 2.35. The zero-order valence-corrected chi connectivity index (χ0v) is 25.3. The van der Waals surface area contributed by atoms with Gasteiger partial charge in [-0.05, 0) is 99.1 Å². The molecule has 3 rings (SSSR count). The summed E-state index contributed by atoms with van der Waals surface area (Å²) in [5.41, 5.74) is 7.86. The number of nitrogens with one attached hydrogen (secondary N) is 2. The maximum atomic E-state index is 5.62. The summed E-state index contributed by atoms with van der Waals surface area (Å²) in [7, 11) is 6.80. The average Bonchev–Trinajstić information content (AvgIpc) is 2.99. The van der Waals surface area contributed by atoms with Crippen molar-refractivity contribution in [1.82, 2.24) is 10.6 Å². The largest absolute Gasteiger partial charge is 0.493 e. The number of hydrogen-bond donors (Lipinski definition) is 2. The lowest BCUT2D eigenvalue weighted by atomic mass is 10.0. The highest BCUT2D eigenvalue weighted by atomic mass is 16.5. The van der Waals surface area contributed by atoms with Crippen LogP contribution in [-0.4, -0.2) is 54.6 Å². The van der Waals surface area contributed by atoms with Crippen molar-refractivity contribution in [2.24, 2.45) is 0 Å². The summed E-state index contributed by atoms with van der Waals surface area (Å²) >= 11 is 0. The van der Waals surface area contributed by atoms with E-state index in [4.69, 9.17) is 18.9 Å². The Balaban J connectivity index is 1.40. The Hall–Kier alpha value is -3.22. The molecule has 0 aliphatic heterocycles. The predicted octanol–water partition coefficient (Wildman–Crippen LogP) is 5.60. The molecule has 3 aromatic rings. The molecule has 0 unspecified atom stereocenters. The SMILES string of the molecule is CCc1c(CCNCCc2cccc(CCNCCc3ccc(OC)c(OC)c3CC)c2)ccc(OC)c1OC. The summed E-state index contributed by atoms with van der Waals surface area (Å²) in [6.07, 6.45) is 5.83. The molecule has 0 aliphatic carbocycles. The van der Waals surface area contributed by atoms with Gasteiger partial charge in [0.15, 0.2) is 23.0 Å². The molecule has 0 atom stereocenters. The summed E-state index contributed by atoms with van der Waals surface area (Å²) in [6, 6.07) is 17.3. The Bertz CT molecular complexity index is 1110. The van der Waals surface area contributed by atoms with Crippen molar-refractivity contribution in [2.45, 2.75) is 52.4 Å². The summed E-state index contributed by atoms with van der Waals surface area (Å²) in [6.45, 7) is 8.12. The van der Waals surface area contributed by atoms with Crippen molar-refractivity contribution in [3.05, 3.63) is 81.9 Å². The molecular formula is C34H48N2O4. The Kier molecular flexibility index (Phi) is 13.1. The lowest BCUT2D eigenvalue weighted by Crippen LogP contribution is -2.21. The fourth-order valence-corrected chi connectivity index (χ4v) is 5.41. The van der Waals surface area contributed by atoms with Gasteiger partial charge in [0.05, 0.1) is 28.4 Å². The van der Waals surface area contributed by atoms with E-state index in [0.29, 0.717) is 0 Å². The first-order valence-corrected chi connectivity index (χ1v) is 14.5. The predicted molar refractivity (Wildman–Crippen MR) is 165 cm³/mol. The highest BCUT2D eigenvalue weighted by molar-refractivity contribution is 5.52. The minimum absolute atomic E-state index is 0.801. The lowest BCUT2D eigenvalue weighted by molar-refractivity contribution is 0.351. The van der Waals surface area contributed by atoms with Gasteiger partial charge in [-0.2, -0.15) is 0 Å². The van der Waals surface area contributed by atoms with E-state index in [1.54, 1.807) is 28.4 Å². The van der Waals surface area contributed by atoms with Gasteiger partial charge in [-0.25, -0.2) is 0 Å². The Morgan fingerprint density at radius 2 is 0.950 bits per heavy atom. The van der Waals surface area contributed by atoms with E-state index in [0.717, 1.165) is 87.7 Å². The van der Waals surface area contributed by atoms with E-state index >= 15 is 0 Å². The smallest absolute Gasteiger partial charge is 0.164 e. The van der Waals surface area contributed by atoms with Gasteiger partial charge >= 0.3 is 0 Å². The zero-order chi connectivity index (χ0) is 28.7. The van der Waals surface area contributed by atoms with Crippen molar-refractivity contribution < 1.29 is 18.9 Å². The number of benzene rings is 3. The van der Waals surface area contributed by atoms with Gasteiger partial charge in [0.1, 0.15) is 0 Å². The molecule has 0 saturated carbocycles. The highest BCUT2D eigenvalue weighted by Gasteiger charge is 2.14. The molecule has 2 N–H and O–H groups in total. The molecule has 6 heteroatoms. The summed E-state index contributed by atoms with van der Waals surface area (Å²) in [5, 5.41) is 7.24. The molecule has 0 amide bonds. The minimum atomic E-state index is 0.801. The fourth-order valence-electron chi connectivity index (χ4n) is 5.41. The number of ether oxygens (including phenoxy) is 4. The van der Waals surface area contributed by atoms with E-state index < -0.39 is 0 Å². The molecule has 0 radical (unpaired) electrons. The van der Waals surface area contributed by atoms with Gasteiger partial charge in [0, 0.05) is 11.1 Å². The van der Waals surface area contributed by atoms with Crippen LogP contribution in [0.2, 0.25) is 0 Å². The van der Waals surface area contributed by atoms with Crippen LogP contribution in [-0.2, 0) is 38.5 Å². The van der Waals surface area contributed by atoms with Crippen LogP contribution < -0.4 is 29.6 Å². The van der Waals surface area contributed by atoms with Crippen LogP contribution in [0.5, 0.6) is 23.0 Å². The standard InChI is InChI=1S/C34H48N2O4/c1-7-29-27(12-14-31(37-3)33(29)39-5)18-22-35-20-16-25-10-9-11-26(24-25)17-21-36-23-19-28-13-15-32(38-4)34(40-6)30(28)8-2/h9-15,24,35-36H,7-8,16-23H2,1-6H3. The average molecular weight is 549 g/mol. The molecule has 0 aromatic heterocycles. The zero-order valence-electron chi connectivity index (χ0n) is 25.3. The number of hydrogen-bond acceptors (Lipinski definition) is 6. The van der Waals surface area contributed by atoms with Gasteiger partial charge in [0.25, 0.3) is 0 Å². The van der Waals surface area contributed by atoms with Crippen LogP contribution >= 0.6 is 0 Å². The van der Waals surface area contributed by atoms with Crippen LogP contribution in [0, 0.1) is 0 Å². The summed E-state index contributed by atoms with van der Waals surface area (Å²) in [4.78, 5) is 0. The molecule has 218 valence electrons. The molecule has 0 bridgehead atoms.